The second-order valence-corrected chi connectivity index (χ2v) is 6.21. The van der Waals surface area contributed by atoms with Gasteiger partial charge < -0.3 is 14.7 Å². The van der Waals surface area contributed by atoms with Crippen LogP contribution in [-0.2, 0) is 6.61 Å². The lowest BCUT2D eigenvalue weighted by atomic mass is 10.1. The first kappa shape index (κ1) is 17.4. The van der Waals surface area contributed by atoms with Crippen LogP contribution in [0.25, 0.3) is 0 Å². The third-order valence-electron chi connectivity index (χ3n) is 4.39. The van der Waals surface area contributed by atoms with Gasteiger partial charge in [0.05, 0.1) is 18.3 Å². The Balaban J connectivity index is 1.64. The van der Waals surface area contributed by atoms with Crippen molar-refractivity contribution in [3.05, 3.63) is 47.5 Å². The maximum Gasteiger partial charge on any atom is 0.274 e. The molecule has 2 N–H and O–H groups in total. The van der Waals surface area contributed by atoms with E-state index in [1.165, 1.54) is 12.1 Å². The highest BCUT2D eigenvalue weighted by atomic mass is 19.1. The molecule has 7 heteroatoms. The molecule has 1 aromatic carbocycles. The Labute approximate surface area is 145 Å². The van der Waals surface area contributed by atoms with Crippen molar-refractivity contribution in [2.45, 2.75) is 38.3 Å². The standard InChI is InChI=1S/C18H22FN3O3/c19-13-5-4-7-16(9-13)25-12-14-10-17(21-20-14)18(24)22-8-3-1-2-6-15(22)11-23/h4-5,7,9-10,15,23H,1-3,6,8,11-12H2,(H,20,21). The zero-order valence-electron chi connectivity index (χ0n) is 13.9. The molecule has 2 heterocycles. The molecular weight excluding hydrogens is 325 g/mol. The van der Waals surface area contributed by atoms with Crippen molar-refractivity contribution in [3.8, 4) is 5.75 Å². The number of carbonyl (C=O) groups excluding carboxylic acids is 1. The van der Waals surface area contributed by atoms with Crippen LogP contribution in [0.4, 0.5) is 4.39 Å². The number of H-pyrrole nitrogens is 1. The van der Waals surface area contributed by atoms with Crippen molar-refractivity contribution in [1.29, 1.82) is 0 Å². The second-order valence-electron chi connectivity index (χ2n) is 6.21. The Kier molecular flexibility index (Phi) is 5.65. The summed E-state index contributed by atoms with van der Waals surface area (Å²) in [5, 5.41) is 16.4. The number of benzene rings is 1. The summed E-state index contributed by atoms with van der Waals surface area (Å²) in [6.45, 7) is 0.755. The summed E-state index contributed by atoms with van der Waals surface area (Å²) in [6, 6.07) is 7.36. The molecule has 25 heavy (non-hydrogen) atoms. The van der Waals surface area contributed by atoms with Gasteiger partial charge in [0.2, 0.25) is 0 Å². The van der Waals surface area contributed by atoms with Gasteiger partial charge in [0.1, 0.15) is 18.2 Å². The molecule has 2 aromatic rings. The third-order valence-corrected chi connectivity index (χ3v) is 4.39. The summed E-state index contributed by atoms with van der Waals surface area (Å²) < 4.78 is 18.6. The van der Waals surface area contributed by atoms with Gasteiger partial charge in [-0.05, 0) is 31.0 Å². The number of aromatic amines is 1. The highest BCUT2D eigenvalue weighted by Gasteiger charge is 2.27. The molecule has 0 aliphatic carbocycles. The molecule has 0 saturated carbocycles. The number of likely N-dealkylation sites (tertiary alicyclic amines) is 1. The minimum atomic E-state index is -0.366. The molecule has 1 fully saturated rings. The van der Waals surface area contributed by atoms with E-state index in [4.69, 9.17) is 4.74 Å². The molecule has 134 valence electrons. The first-order valence-electron chi connectivity index (χ1n) is 8.52. The summed E-state index contributed by atoms with van der Waals surface area (Å²) in [6.07, 6.45) is 3.82. The van der Waals surface area contributed by atoms with E-state index in [1.54, 1.807) is 23.1 Å². The normalized spacial score (nSPS) is 18.0. The number of rotatable bonds is 5. The van der Waals surface area contributed by atoms with Gasteiger partial charge in [-0.15, -0.1) is 0 Å². The number of nitrogens with one attached hydrogen (secondary N) is 1. The monoisotopic (exact) mass is 347 g/mol. The van der Waals surface area contributed by atoms with Crippen LogP contribution in [0, 0.1) is 5.82 Å². The van der Waals surface area contributed by atoms with Crippen molar-refractivity contribution in [2.24, 2.45) is 0 Å². The SMILES string of the molecule is O=C(c1cc(COc2cccc(F)c2)[nH]n1)N1CCCCCC1CO. The molecule has 1 amide bonds. The molecule has 0 spiro atoms. The van der Waals surface area contributed by atoms with Crippen molar-refractivity contribution in [2.75, 3.05) is 13.2 Å². The lowest BCUT2D eigenvalue weighted by molar-refractivity contribution is 0.0594. The molecule has 1 unspecified atom stereocenters. The third kappa shape index (κ3) is 4.36. The Bertz CT molecular complexity index is 719. The van der Waals surface area contributed by atoms with Crippen LogP contribution >= 0.6 is 0 Å². The van der Waals surface area contributed by atoms with Gasteiger partial charge in [-0.3, -0.25) is 9.89 Å². The van der Waals surface area contributed by atoms with Gasteiger partial charge in [-0.25, -0.2) is 4.39 Å². The molecule has 1 aliphatic heterocycles. The summed E-state index contributed by atoms with van der Waals surface area (Å²) in [5.41, 5.74) is 0.932. The molecule has 1 saturated heterocycles. The molecule has 6 nitrogen and oxygen atoms in total. The first-order valence-corrected chi connectivity index (χ1v) is 8.52. The Morgan fingerprint density at radius 2 is 2.24 bits per heavy atom. The van der Waals surface area contributed by atoms with E-state index in [2.05, 4.69) is 10.2 Å². The highest BCUT2D eigenvalue weighted by Crippen LogP contribution is 2.19. The van der Waals surface area contributed by atoms with Gasteiger partial charge in [0, 0.05) is 12.6 Å². The molecular formula is C18H22FN3O3. The average molecular weight is 347 g/mol. The number of amides is 1. The van der Waals surface area contributed by atoms with Gasteiger partial charge in [-0.2, -0.15) is 5.10 Å². The average Bonchev–Trinajstić information content (AvgIpc) is 2.96. The van der Waals surface area contributed by atoms with Crippen molar-refractivity contribution < 1.29 is 19.0 Å². The maximum atomic E-state index is 13.1. The number of hydrogen-bond donors (Lipinski definition) is 2. The van der Waals surface area contributed by atoms with Crippen molar-refractivity contribution >= 4 is 5.91 Å². The molecule has 0 bridgehead atoms. The smallest absolute Gasteiger partial charge is 0.274 e. The van der Waals surface area contributed by atoms with Crippen LogP contribution in [0.2, 0.25) is 0 Å². The predicted octanol–water partition coefficient (Wildman–Crippen LogP) is 2.50. The molecule has 1 atom stereocenters. The van der Waals surface area contributed by atoms with E-state index in [0.29, 0.717) is 23.7 Å². The van der Waals surface area contributed by atoms with Crippen LogP contribution in [0.3, 0.4) is 0 Å². The Hall–Kier alpha value is -2.41. The fourth-order valence-electron chi connectivity index (χ4n) is 3.04. The van der Waals surface area contributed by atoms with E-state index in [0.717, 1.165) is 25.7 Å². The van der Waals surface area contributed by atoms with E-state index in [-0.39, 0.29) is 31.0 Å². The van der Waals surface area contributed by atoms with E-state index in [9.17, 15) is 14.3 Å². The fourth-order valence-corrected chi connectivity index (χ4v) is 3.04. The lowest BCUT2D eigenvalue weighted by Gasteiger charge is -2.27. The van der Waals surface area contributed by atoms with Gasteiger partial charge in [0.25, 0.3) is 5.91 Å². The first-order chi connectivity index (χ1) is 12.2. The lowest BCUT2D eigenvalue weighted by Crippen LogP contribution is -2.42. The number of carbonyl (C=O) groups is 1. The number of nitrogens with zero attached hydrogens (tertiary/aromatic N) is 2. The van der Waals surface area contributed by atoms with Gasteiger partial charge >= 0.3 is 0 Å². The van der Waals surface area contributed by atoms with Gasteiger partial charge in [-0.1, -0.05) is 18.9 Å². The number of hydrogen-bond acceptors (Lipinski definition) is 4. The minimum Gasteiger partial charge on any atom is -0.487 e. The summed E-state index contributed by atoms with van der Waals surface area (Å²) in [7, 11) is 0. The molecule has 1 aromatic heterocycles. The van der Waals surface area contributed by atoms with Gasteiger partial charge in [0.15, 0.2) is 5.69 Å². The molecule has 3 rings (SSSR count). The Morgan fingerprint density at radius 3 is 3.04 bits per heavy atom. The fraction of sp³-hybridized carbons (Fsp3) is 0.444. The number of halogens is 1. The topological polar surface area (TPSA) is 78.5 Å². The minimum absolute atomic E-state index is 0.0360. The zero-order chi connectivity index (χ0) is 17.6. The van der Waals surface area contributed by atoms with Crippen LogP contribution in [0.1, 0.15) is 41.9 Å². The molecule has 0 radical (unpaired) electrons. The van der Waals surface area contributed by atoms with Crippen LogP contribution in [0.5, 0.6) is 5.75 Å². The van der Waals surface area contributed by atoms with Crippen molar-refractivity contribution in [3.63, 3.8) is 0 Å². The van der Waals surface area contributed by atoms with Crippen LogP contribution < -0.4 is 4.74 Å². The van der Waals surface area contributed by atoms with Crippen LogP contribution in [-0.4, -0.2) is 45.3 Å². The number of aliphatic hydroxyl groups is 1. The van der Waals surface area contributed by atoms with Crippen molar-refractivity contribution in [1.82, 2.24) is 15.1 Å². The maximum absolute atomic E-state index is 13.1. The highest BCUT2D eigenvalue weighted by molar-refractivity contribution is 5.92. The van der Waals surface area contributed by atoms with E-state index >= 15 is 0 Å². The van der Waals surface area contributed by atoms with Crippen LogP contribution in [0.15, 0.2) is 30.3 Å². The quantitative estimate of drug-likeness (QED) is 0.871. The number of ether oxygens (including phenoxy) is 1. The summed E-state index contributed by atoms with van der Waals surface area (Å²) in [5.74, 6) is -0.140. The van der Waals surface area contributed by atoms with E-state index in [1.807, 2.05) is 0 Å². The molecule has 1 aliphatic rings. The number of aliphatic hydroxyl groups excluding tert-OH is 1. The zero-order valence-corrected chi connectivity index (χ0v) is 13.9. The largest absolute Gasteiger partial charge is 0.487 e. The number of aromatic nitrogens is 2. The Morgan fingerprint density at radius 1 is 1.36 bits per heavy atom. The van der Waals surface area contributed by atoms with E-state index < -0.39 is 0 Å². The predicted molar refractivity (Wildman–Crippen MR) is 89.7 cm³/mol. The second kappa shape index (κ2) is 8.11. The summed E-state index contributed by atoms with van der Waals surface area (Å²) >= 11 is 0. The summed E-state index contributed by atoms with van der Waals surface area (Å²) in [4.78, 5) is 14.4.